The molecule has 1 fully saturated rings. The van der Waals surface area contributed by atoms with Crippen LogP contribution in [0.4, 0.5) is 14.5 Å². The standard InChI is InChI=1S/C20H25F2N7O/c1-12(29-6-4-20(23,5-7-29)19(21)22)26-16-8-14-15(13-9-25-28(2)11-13)10-24-18(30-3)17(14)27-16/h9-11,19H,1,4-8,23H2,2-3H3,(H,26,27). The fourth-order valence-corrected chi connectivity index (χ4v) is 3.84. The molecule has 2 aliphatic heterocycles. The van der Waals surface area contributed by atoms with E-state index in [2.05, 4.69) is 27.0 Å². The lowest BCUT2D eigenvalue weighted by atomic mass is 9.89. The second-order valence-corrected chi connectivity index (χ2v) is 7.74. The van der Waals surface area contributed by atoms with Gasteiger partial charge in [-0.15, -0.1) is 0 Å². The Hall–Kier alpha value is -3.01. The van der Waals surface area contributed by atoms with Gasteiger partial charge in [0.15, 0.2) is 0 Å². The van der Waals surface area contributed by atoms with Gasteiger partial charge in [0.25, 0.3) is 6.43 Å². The SMILES string of the molecule is C=C(NC1=Nc2c(OC)ncc(-c3cnn(C)c3)c2C1)N1CCC(N)(C(F)F)CC1. The smallest absolute Gasteiger partial charge is 0.256 e. The Balaban J connectivity index is 1.49. The number of rotatable bonds is 5. The molecule has 1 saturated heterocycles. The van der Waals surface area contributed by atoms with Crippen LogP contribution in [-0.4, -0.2) is 57.7 Å². The van der Waals surface area contributed by atoms with Gasteiger partial charge in [-0.2, -0.15) is 5.10 Å². The van der Waals surface area contributed by atoms with E-state index >= 15 is 0 Å². The molecule has 0 spiro atoms. The minimum atomic E-state index is -2.53. The largest absolute Gasteiger partial charge is 0.479 e. The Labute approximate surface area is 173 Å². The van der Waals surface area contributed by atoms with Gasteiger partial charge in [-0.3, -0.25) is 4.68 Å². The van der Waals surface area contributed by atoms with Crippen molar-refractivity contribution in [3.63, 3.8) is 0 Å². The first-order valence-corrected chi connectivity index (χ1v) is 9.71. The average Bonchev–Trinajstić information content (AvgIpc) is 3.33. The van der Waals surface area contributed by atoms with Gasteiger partial charge in [-0.25, -0.2) is 18.8 Å². The van der Waals surface area contributed by atoms with E-state index in [1.165, 1.54) is 0 Å². The molecule has 30 heavy (non-hydrogen) atoms. The summed E-state index contributed by atoms with van der Waals surface area (Å²) in [6, 6.07) is 0. The molecule has 2 aliphatic rings. The molecule has 0 aromatic carbocycles. The summed E-state index contributed by atoms with van der Waals surface area (Å²) in [5, 5.41) is 7.47. The van der Waals surface area contributed by atoms with Gasteiger partial charge < -0.3 is 20.7 Å². The van der Waals surface area contributed by atoms with Crippen LogP contribution in [0.2, 0.25) is 0 Å². The van der Waals surface area contributed by atoms with E-state index in [4.69, 9.17) is 10.5 Å². The third kappa shape index (κ3) is 3.62. The first-order valence-electron chi connectivity index (χ1n) is 9.71. The second kappa shape index (κ2) is 7.67. The van der Waals surface area contributed by atoms with Gasteiger partial charge in [-0.05, 0) is 12.8 Å². The Kier molecular flexibility index (Phi) is 5.19. The number of hydrogen-bond donors (Lipinski definition) is 2. The summed E-state index contributed by atoms with van der Waals surface area (Å²) in [7, 11) is 3.42. The fourth-order valence-electron chi connectivity index (χ4n) is 3.84. The summed E-state index contributed by atoms with van der Waals surface area (Å²) in [5.74, 6) is 1.76. The van der Waals surface area contributed by atoms with Gasteiger partial charge in [0, 0.05) is 55.6 Å². The van der Waals surface area contributed by atoms with Crippen molar-refractivity contribution in [2.24, 2.45) is 17.8 Å². The van der Waals surface area contributed by atoms with Crippen LogP contribution in [0.25, 0.3) is 11.1 Å². The zero-order valence-electron chi connectivity index (χ0n) is 17.0. The molecule has 2 aromatic heterocycles. The number of pyridine rings is 1. The first kappa shape index (κ1) is 20.3. The average molecular weight is 417 g/mol. The number of halogens is 2. The number of methoxy groups -OCH3 is 1. The third-order valence-electron chi connectivity index (χ3n) is 5.72. The molecular weight excluding hydrogens is 392 g/mol. The van der Waals surface area contributed by atoms with Crippen LogP contribution in [0, 0.1) is 0 Å². The monoisotopic (exact) mass is 417 g/mol. The van der Waals surface area contributed by atoms with E-state index in [-0.39, 0.29) is 12.8 Å². The third-order valence-corrected chi connectivity index (χ3v) is 5.72. The normalized spacial score (nSPS) is 17.7. The fraction of sp³-hybridized carbons (Fsp3) is 0.450. The van der Waals surface area contributed by atoms with Crippen molar-refractivity contribution >= 4 is 11.5 Å². The summed E-state index contributed by atoms with van der Waals surface area (Å²) >= 11 is 0. The highest BCUT2D eigenvalue weighted by molar-refractivity contribution is 5.97. The molecule has 0 saturated carbocycles. The zero-order chi connectivity index (χ0) is 21.5. The van der Waals surface area contributed by atoms with E-state index < -0.39 is 12.0 Å². The molecule has 10 heteroatoms. The maximum atomic E-state index is 13.1. The molecule has 0 atom stereocenters. The quantitative estimate of drug-likeness (QED) is 0.775. The van der Waals surface area contributed by atoms with E-state index in [0.717, 1.165) is 16.7 Å². The number of aliphatic imine (C=N–C) groups is 1. The molecule has 2 aromatic rings. The number of nitrogens with two attached hydrogens (primary N) is 1. The van der Waals surface area contributed by atoms with Gasteiger partial charge >= 0.3 is 0 Å². The highest BCUT2D eigenvalue weighted by Crippen LogP contribution is 2.40. The summed E-state index contributed by atoms with van der Waals surface area (Å²) < 4.78 is 33.4. The summed E-state index contributed by atoms with van der Waals surface area (Å²) in [6.07, 6.45) is 3.90. The predicted molar refractivity (Wildman–Crippen MR) is 110 cm³/mol. The van der Waals surface area contributed by atoms with Crippen molar-refractivity contribution in [3.05, 3.63) is 36.6 Å². The van der Waals surface area contributed by atoms with E-state index in [0.29, 0.717) is 42.7 Å². The molecule has 0 amide bonds. The minimum Gasteiger partial charge on any atom is -0.479 e. The number of alkyl halides is 2. The second-order valence-electron chi connectivity index (χ2n) is 7.74. The van der Waals surface area contributed by atoms with E-state index in [1.54, 1.807) is 24.2 Å². The number of nitrogens with one attached hydrogen (secondary N) is 1. The molecule has 160 valence electrons. The maximum Gasteiger partial charge on any atom is 0.256 e. The predicted octanol–water partition coefficient (Wildman–Crippen LogP) is 2.20. The van der Waals surface area contributed by atoms with Crippen LogP contribution in [0.5, 0.6) is 5.88 Å². The van der Waals surface area contributed by atoms with Gasteiger partial charge in [0.05, 0.1) is 24.7 Å². The Morgan fingerprint density at radius 1 is 1.33 bits per heavy atom. The number of aromatic nitrogens is 3. The number of likely N-dealkylation sites (tertiary alicyclic amines) is 1. The zero-order valence-corrected chi connectivity index (χ0v) is 17.0. The molecule has 0 radical (unpaired) electrons. The Morgan fingerprint density at radius 3 is 2.67 bits per heavy atom. The van der Waals surface area contributed by atoms with Crippen molar-refractivity contribution in [3.8, 4) is 17.0 Å². The molecule has 0 unspecified atom stereocenters. The van der Waals surface area contributed by atoms with Crippen molar-refractivity contribution < 1.29 is 13.5 Å². The van der Waals surface area contributed by atoms with Crippen molar-refractivity contribution in [1.29, 1.82) is 0 Å². The van der Waals surface area contributed by atoms with Crippen LogP contribution in [0.3, 0.4) is 0 Å². The van der Waals surface area contributed by atoms with Crippen molar-refractivity contribution in [2.75, 3.05) is 20.2 Å². The lowest BCUT2D eigenvalue weighted by Gasteiger charge is -2.40. The van der Waals surface area contributed by atoms with Crippen LogP contribution in [0.15, 0.2) is 36.0 Å². The van der Waals surface area contributed by atoms with Gasteiger partial charge in [-0.1, -0.05) is 6.58 Å². The molecule has 4 rings (SSSR count). The molecule has 0 bridgehead atoms. The number of ether oxygens (including phenoxy) is 1. The Bertz CT molecular complexity index is 993. The van der Waals surface area contributed by atoms with Crippen molar-refractivity contribution in [1.82, 2.24) is 25.0 Å². The summed E-state index contributed by atoms with van der Waals surface area (Å²) in [6.45, 7) is 4.90. The highest BCUT2D eigenvalue weighted by Gasteiger charge is 2.39. The van der Waals surface area contributed by atoms with Gasteiger partial charge in [0.2, 0.25) is 5.88 Å². The lowest BCUT2D eigenvalue weighted by Crippen LogP contribution is -2.55. The van der Waals surface area contributed by atoms with Crippen LogP contribution in [-0.2, 0) is 13.5 Å². The minimum absolute atomic E-state index is 0.209. The van der Waals surface area contributed by atoms with E-state index in [1.807, 2.05) is 18.1 Å². The number of nitrogens with zero attached hydrogens (tertiary/aromatic N) is 5. The molecule has 3 N–H and O–H groups in total. The summed E-state index contributed by atoms with van der Waals surface area (Å²) in [4.78, 5) is 11.0. The number of amidine groups is 1. The summed E-state index contributed by atoms with van der Waals surface area (Å²) in [5.41, 5.74) is 7.94. The van der Waals surface area contributed by atoms with Crippen LogP contribution < -0.4 is 15.8 Å². The Morgan fingerprint density at radius 2 is 2.07 bits per heavy atom. The first-order chi connectivity index (χ1) is 14.3. The number of hydrogen-bond acceptors (Lipinski definition) is 7. The van der Waals surface area contributed by atoms with Crippen LogP contribution >= 0.6 is 0 Å². The molecule has 0 aliphatic carbocycles. The van der Waals surface area contributed by atoms with Crippen molar-refractivity contribution in [2.45, 2.75) is 31.2 Å². The van der Waals surface area contributed by atoms with Gasteiger partial charge in [0.1, 0.15) is 11.5 Å². The number of fused-ring (bicyclic) bond motifs is 1. The molecule has 4 heterocycles. The van der Waals surface area contributed by atoms with E-state index in [9.17, 15) is 8.78 Å². The maximum absolute atomic E-state index is 13.1. The highest BCUT2D eigenvalue weighted by atomic mass is 19.3. The molecule has 8 nitrogen and oxygen atoms in total. The number of aryl methyl sites for hydroxylation is 1. The lowest BCUT2D eigenvalue weighted by molar-refractivity contribution is 0.0175. The number of piperidine rings is 1. The van der Waals surface area contributed by atoms with Crippen LogP contribution in [0.1, 0.15) is 18.4 Å². The molecular formula is C20H25F2N7O. The topological polar surface area (TPSA) is 93.6 Å².